The Morgan fingerprint density at radius 3 is 2.05 bits per heavy atom. The van der Waals surface area contributed by atoms with Gasteiger partial charge in [0.1, 0.15) is 17.3 Å². The predicted octanol–water partition coefficient (Wildman–Crippen LogP) is 5.58. The second kappa shape index (κ2) is 9.76. The van der Waals surface area contributed by atoms with Crippen molar-refractivity contribution in [1.29, 1.82) is 0 Å². The standard InChI is InChI=1S/C30H26FNO5S/c1-19-15-25-24(18-27(19)38(2,35)36)26(11-14-32-25)37-23-9-5-21(6-10-23)17-29(34)30(12-13-30)28(33)16-20-3-7-22(31)8-4-20/h3-11,14-15,18H,12-13,16-17H2,1-2H3. The number of hydrogen-bond donors (Lipinski definition) is 0. The molecule has 0 unspecified atom stereocenters. The zero-order valence-corrected chi connectivity index (χ0v) is 21.8. The molecule has 1 saturated carbocycles. The van der Waals surface area contributed by atoms with Gasteiger partial charge in [-0.2, -0.15) is 0 Å². The second-order valence-corrected chi connectivity index (χ2v) is 11.9. The largest absolute Gasteiger partial charge is 0.457 e. The summed E-state index contributed by atoms with van der Waals surface area (Å²) in [6.45, 7) is 1.73. The molecule has 0 bridgehead atoms. The van der Waals surface area contributed by atoms with Crippen LogP contribution in [-0.2, 0) is 32.3 Å². The van der Waals surface area contributed by atoms with Crippen LogP contribution in [0.1, 0.15) is 29.5 Å². The quantitative estimate of drug-likeness (QED) is 0.262. The number of halogens is 1. The lowest BCUT2D eigenvalue weighted by Gasteiger charge is -2.14. The van der Waals surface area contributed by atoms with Crippen molar-refractivity contribution in [1.82, 2.24) is 4.98 Å². The van der Waals surface area contributed by atoms with Crippen molar-refractivity contribution in [2.75, 3.05) is 6.26 Å². The minimum absolute atomic E-state index is 0.109. The molecule has 0 radical (unpaired) electrons. The summed E-state index contributed by atoms with van der Waals surface area (Å²) in [6.07, 6.45) is 4.08. The van der Waals surface area contributed by atoms with Crippen molar-refractivity contribution in [2.24, 2.45) is 5.41 Å². The Labute approximate surface area is 220 Å². The van der Waals surface area contributed by atoms with Crippen LogP contribution in [0.15, 0.2) is 77.8 Å². The molecule has 1 aromatic heterocycles. The number of rotatable bonds is 9. The third-order valence-electron chi connectivity index (χ3n) is 7.01. The van der Waals surface area contributed by atoms with Gasteiger partial charge in [-0.3, -0.25) is 14.6 Å². The average Bonchev–Trinajstić information content (AvgIpc) is 3.68. The van der Waals surface area contributed by atoms with Crippen molar-refractivity contribution in [3.8, 4) is 11.5 Å². The van der Waals surface area contributed by atoms with Crippen LogP contribution in [0.2, 0.25) is 0 Å². The Morgan fingerprint density at radius 1 is 0.921 bits per heavy atom. The van der Waals surface area contributed by atoms with Crippen LogP contribution in [0.5, 0.6) is 11.5 Å². The molecule has 38 heavy (non-hydrogen) atoms. The molecule has 0 aliphatic heterocycles. The molecule has 1 aliphatic rings. The summed E-state index contributed by atoms with van der Waals surface area (Å²) in [6, 6.07) is 17.8. The molecular weight excluding hydrogens is 505 g/mol. The highest BCUT2D eigenvalue weighted by atomic mass is 32.2. The minimum Gasteiger partial charge on any atom is -0.457 e. The van der Waals surface area contributed by atoms with Gasteiger partial charge >= 0.3 is 0 Å². The van der Waals surface area contributed by atoms with E-state index >= 15 is 0 Å². The molecule has 0 N–H and O–H groups in total. The average molecular weight is 532 g/mol. The fraction of sp³-hybridized carbons (Fsp3) is 0.233. The molecule has 0 amide bonds. The highest BCUT2D eigenvalue weighted by Gasteiger charge is 2.54. The van der Waals surface area contributed by atoms with E-state index in [1.54, 1.807) is 67.7 Å². The van der Waals surface area contributed by atoms with E-state index in [1.807, 2.05) is 0 Å². The van der Waals surface area contributed by atoms with Gasteiger partial charge in [0.2, 0.25) is 0 Å². The van der Waals surface area contributed by atoms with Gasteiger partial charge in [-0.15, -0.1) is 0 Å². The molecule has 1 heterocycles. The second-order valence-electron chi connectivity index (χ2n) is 9.87. The fourth-order valence-corrected chi connectivity index (χ4v) is 5.67. The van der Waals surface area contributed by atoms with Crippen LogP contribution in [0, 0.1) is 18.2 Å². The van der Waals surface area contributed by atoms with Gasteiger partial charge in [-0.05, 0) is 78.9 Å². The van der Waals surface area contributed by atoms with Gasteiger partial charge in [0, 0.05) is 30.7 Å². The van der Waals surface area contributed by atoms with Crippen LogP contribution in [0.25, 0.3) is 10.9 Å². The monoisotopic (exact) mass is 531 g/mol. The molecule has 3 aromatic carbocycles. The van der Waals surface area contributed by atoms with E-state index in [-0.39, 0.29) is 35.1 Å². The first-order valence-electron chi connectivity index (χ1n) is 12.2. The Bertz CT molecular complexity index is 1660. The Morgan fingerprint density at radius 2 is 1.50 bits per heavy atom. The number of hydrogen-bond acceptors (Lipinski definition) is 6. The Hall–Kier alpha value is -3.91. The Balaban J connectivity index is 1.29. The summed E-state index contributed by atoms with van der Waals surface area (Å²) in [5, 5.41) is 0.577. The van der Waals surface area contributed by atoms with Crippen molar-refractivity contribution in [3.63, 3.8) is 0 Å². The van der Waals surface area contributed by atoms with E-state index in [9.17, 15) is 22.4 Å². The first kappa shape index (κ1) is 25.7. The van der Waals surface area contributed by atoms with Crippen molar-refractivity contribution in [3.05, 3.63) is 95.4 Å². The topological polar surface area (TPSA) is 90.4 Å². The maximum absolute atomic E-state index is 13.2. The van der Waals surface area contributed by atoms with E-state index < -0.39 is 15.3 Å². The molecule has 0 atom stereocenters. The minimum atomic E-state index is -3.42. The molecule has 6 nitrogen and oxygen atoms in total. The third-order valence-corrected chi connectivity index (χ3v) is 8.25. The van der Waals surface area contributed by atoms with E-state index in [0.717, 1.165) is 5.56 Å². The first-order chi connectivity index (χ1) is 18.0. The van der Waals surface area contributed by atoms with E-state index in [0.29, 0.717) is 46.4 Å². The lowest BCUT2D eigenvalue weighted by atomic mass is 9.88. The molecular formula is C30H26FNO5S. The number of sulfone groups is 1. The number of ketones is 2. The van der Waals surface area contributed by atoms with E-state index in [2.05, 4.69) is 4.98 Å². The molecule has 5 rings (SSSR count). The zero-order chi connectivity index (χ0) is 27.1. The fourth-order valence-electron chi connectivity index (χ4n) is 4.69. The summed E-state index contributed by atoms with van der Waals surface area (Å²) in [7, 11) is -3.42. The first-order valence-corrected chi connectivity index (χ1v) is 14.1. The van der Waals surface area contributed by atoms with Crippen molar-refractivity contribution >= 4 is 32.3 Å². The van der Waals surface area contributed by atoms with Gasteiger partial charge in [0.25, 0.3) is 0 Å². The molecule has 8 heteroatoms. The van der Waals surface area contributed by atoms with Crippen LogP contribution >= 0.6 is 0 Å². The lowest BCUT2D eigenvalue weighted by molar-refractivity contribution is -0.133. The Kier molecular flexibility index (Phi) is 6.61. The van der Waals surface area contributed by atoms with E-state index in [4.69, 9.17) is 4.74 Å². The SMILES string of the molecule is Cc1cc2nccc(Oc3ccc(CC(=O)C4(C(=O)Cc5ccc(F)cc5)CC4)cc3)c2cc1S(C)(=O)=O. The number of aromatic nitrogens is 1. The molecule has 0 saturated heterocycles. The molecule has 4 aromatic rings. The number of nitrogens with zero attached hydrogens (tertiary/aromatic N) is 1. The highest BCUT2D eigenvalue weighted by molar-refractivity contribution is 7.90. The molecule has 1 aliphatic carbocycles. The number of benzene rings is 3. The summed E-state index contributed by atoms with van der Waals surface area (Å²) < 4.78 is 43.6. The van der Waals surface area contributed by atoms with Crippen molar-refractivity contribution < 1.29 is 27.1 Å². The van der Waals surface area contributed by atoms with Gasteiger partial charge in [-0.25, -0.2) is 12.8 Å². The number of aryl methyl sites for hydroxylation is 1. The molecule has 1 fully saturated rings. The number of carbonyl (C=O) groups excluding carboxylic acids is 2. The smallest absolute Gasteiger partial charge is 0.175 e. The van der Waals surface area contributed by atoms with E-state index in [1.165, 1.54) is 18.4 Å². The summed E-state index contributed by atoms with van der Waals surface area (Å²) in [5.41, 5.74) is 1.74. The number of pyridine rings is 1. The summed E-state index contributed by atoms with van der Waals surface area (Å²) >= 11 is 0. The zero-order valence-electron chi connectivity index (χ0n) is 21.0. The maximum atomic E-state index is 13.2. The highest BCUT2D eigenvalue weighted by Crippen LogP contribution is 2.48. The molecule has 0 spiro atoms. The van der Waals surface area contributed by atoms with Gasteiger partial charge in [-0.1, -0.05) is 24.3 Å². The van der Waals surface area contributed by atoms with Crippen LogP contribution in [0.4, 0.5) is 4.39 Å². The maximum Gasteiger partial charge on any atom is 0.175 e. The normalized spacial score (nSPS) is 14.3. The van der Waals surface area contributed by atoms with Crippen molar-refractivity contribution in [2.45, 2.75) is 37.5 Å². The summed E-state index contributed by atoms with van der Waals surface area (Å²) in [5.74, 6) is 0.386. The van der Waals surface area contributed by atoms with Crippen LogP contribution < -0.4 is 4.74 Å². The summed E-state index contributed by atoms with van der Waals surface area (Å²) in [4.78, 5) is 30.5. The number of fused-ring (bicyclic) bond motifs is 1. The number of carbonyl (C=O) groups is 2. The van der Waals surface area contributed by atoms with Crippen LogP contribution in [-0.4, -0.2) is 31.2 Å². The predicted molar refractivity (Wildman–Crippen MR) is 142 cm³/mol. The third kappa shape index (κ3) is 5.22. The van der Waals surface area contributed by atoms with Crippen LogP contribution in [0.3, 0.4) is 0 Å². The van der Waals surface area contributed by atoms with Gasteiger partial charge in [0.15, 0.2) is 21.4 Å². The molecule has 194 valence electrons. The number of Topliss-reactive ketones (excluding diaryl/α,β-unsaturated/α-hetero) is 2. The number of ether oxygens (including phenoxy) is 1. The van der Waals surface area contributed by atoms with Gasteiger partial charge in [0.05, 0.1) is 15.8 Å². The van der Waals surface area contributed by atoms with Gasteiger partial charge < -0.3 is 4.74 Å². The lowest BCUT2D eigenvalue weighted by Crippen LogP contribution is -2.28.